The van der Waals surface area contributed by atoms with Gasteiger partial charge < -0.3 is 0 Å². The van der Waals surface area contributed by atoms with Crippen LogP contribution in [-0.4, -0.2) is 19.2 Å². The zero-order valence-electron chi connectivity index (χ0n) is 14.0. The third kappa shape index (κ3) is 2.24. The number of thiophene rings is 1. The van der Waals surface area contributed by atoms with Gasteiger partial charge in [0.1, 0.15) is 4.83 Å². The van der Waals surface area contributed by atoms with Gasteiger partial charge in [-0.15, -0.1) is 16.4 Å². The molecule has 0 aliphatic heterocycles. The summed E-state index contributed by atoms with van der Waals surface area (Å²) < 4.78 is 4.00. The lowest BCUT2D eigenvalue weighted by molar-refractivity contribution is 0.509. The fourth-order valence-corrected chi connectivity index (χ4v) is 5.67. The fraction of sp³-hybridized carbons (Fsp3) is 0.278. The first-order valence-corrected chi connectivity index (χ1v) is 10.1. The Hall–Kier alpha value is -1.96. The minimum atomic E-state index is -0.0455. The fourth-order valence-electron chi connectivity index (χ4n) is 3.76. The Morgan fingerprint density at radius 2 is 2.12 bits per heavy atom. The highest BCUT2D eigenvalue weighted by molar-refractivity contribution is 7.71. The molecule has 0 radical (unpaired) electrons. The molecule has 1 aromatic carbocycles. The molecule has 5 nitrogen and oxygen atoms in total. The number of nitrogens with zero attached hydrogens (tertiary/aromatic N) is 3. The van der Waals surface area contributed by atoms with Crippen molar-refractivity contribution in [2.75, 3.05) is 0 Å². The van der Waals surface area contributed by atoms with E-state index in [1.54, 1.807) is 28.0 Å². The van der Waals surface area contributed by atoms with Crippen LogP contribution in [0.2, 0.25) is 5.02 Å². The van der Waals surface area contributed by atoms with E-state index < -0.39 is 0 Å². The summed E-state index contributed by atoms with van der Waals surface area (Å²) in [6.07, 6.45) is 3.05. The van der Waals surface area contributed by atoms with Crippen molar-refractivity contribution in [1.29, 1.82) is 0 Å². The van der Waals surface area contributed by atoms with Crippen molar-refractivity contribution in [3.05, 3.63) is 54.9 Å². The van der Waals surface area contributed by atoms with Crippen molar-refractivity contribution in [3.8, 4) is 5.69 Å². The van der Waals surface area contributed by atoms with Crippen LogP contribution in [0.15, 0.2) is 29.1 Å². The second-order valence-corrected chi connectivity index (χ2v) is 8.72. The summed E-state index contributed by atoms with van der Waals surface area (Å²) >= 11 is 13.2. The zero-order chi connectivity index (χ0) is 18.0. The second-order valence-electron chi connectivity index (χ2n) is 6.81. The average Bonchev–Trinajstić information content (AvgIpc) is 3.17. The SMILES string of the molecule is C[C@@H]1CCc2c(sc3c2c(=O)n(-c2ccc(Cl)cc2)c2n[nH]c(=S)n32)C1. The number of fused-ring (bicyclic) bond motifs is 5. The Kier molecular flexibility index (Phi) is 3.60. The minimum absolute atomic E-state index is 0.0455. The second kappa shape index (κ2) is 5.77. The molecule has 0 bridgehead atoms. The summed E-state index contributed by atoms with van der Waals surface area (Å²) in [5.41, 5.74) is 1.86. The highest BCUT2D eigenvalue weighted by Crippen LogP contribution is 2.37. The van der Waals surface area contributed by atoms with Crippen LogP contribution >= 0.6 is 35.2 Å². The van der Waals surface area contributed by atoms with Gasteiger partial charge in [-0.05, 0) is 67.2 Å². The zero-order valence-corrected chi connectivity index (χ0v) is 16.3. The van der Waals surface area contributed by atoms with Crippen molar-refractivity contribution in [2.45, 2.75) is 26.2 Å². The van der Waals surface area contributed by atoms with E-state index >= 15 is 0 Å². The van der Waals surface area contributed by atoms with Gasteiger partial charge in [-0.3, -0.25) is 4.79 Å². The van der Waals surface area contributed by atoms with E-state index in [9.17, 15) is 4.79 Å². The molecule has 26 heavy (non-hydrogen) atoms. The van der Waals surface area contributed by atoms with Crippen molar-refractivity contribution in [3.63, 3.8) is 0 Å². The number of rotatable bonds is 1. The number of nitrogens with one attached hydrogen (secondary N) is 1. The standard InChI is InChI=1S/C18H15ClN4OS2/c1-9-2-7-12-13(8-9)26-16-14(12)15(24)22(11-5-3-10(19)4-6-11)17-20-21-18(25)23(16)17/h3-6,9H,2,7-8H2,1H3,(H,21,25)/t9-/m1/s1. The average molecular weight is 403 g/mol. The Balaban J connectivity index is 1.96. The van der Waals surface area contributed by atoms with Crippen LogP contribution in [0.4, 0.5) is 0 Å². The number of aromatic amines is 1. The molecule has 0 spiro atoms. The van der Waals surface area contributed by atoms with Crippen LogP contribution in [0, 0.1) is 10.7 Å². The van der Waals surface area contributed by atoms with E-state index in [4.69, 9.17) is 23.8 Å². The first-order chi connectivity index (χ1) is 12.5. The molecule has 3 aromatic heterocycles. The summed E-state index contributed by atoms with van der Waals surface area (Å²) in [5.74, 6) is 1.14. The van der Waals surface area contributed by atoms with Crippen molar-refractivity contribution >= 4 is 51.1 Å². The molecule has 1 aliphatic rings. The molecule has 1 N–H and O–H groups in total. The summed E-state index contributed by atoms with van der Waals surface area (Å²) in [6, 6.07) is 7.20. The van der Waals surface area contributed by atoms with Gasteiger partial charge in [0.2, 0.25) is 10.5 Å². The topological polar surface area (TPSA) is 55.1 Å². The van der Waals surface area contributed by atoms with Crippen molar-refractivity contribution in [1.82, 2.24) is 19.2 Å². The molecule has 3 heterocycles. The van der Waals surface area contributed by atoms with Gasteiger partial charge in [-0.1, -0.05) is 18.5 Å². The summed E-state index contributed by atoms with van der Waals surface area (Å²) in [5, 5.41) is 8.57. The summed E-state index contributed by atoms with van der Waals surface area (Å²) in [4.78, 5) is 15.7. The lowest BCUT2D eigenvalue weighted by Gasteiger charge is -2.17. The predicted molar refractivity (Wildman–Crippen MR) is 108 cm³/mol. The van der Waals surface area contributed by atoms with Crippen LogP contribution in [0.25, 0.3) is 21.7 Å². The molecule has 8 heteroatoms. The molecule has 132 valence electrons. The maximum atomic E-state index is 13.5. The monoisotopic (exact) mass is 402 g/mol. The Bertz CT molecular complexity index is 1280. The first-order valence-electron chi connectivity index (χ1n) is 8.47. The van der Waals surface area contributed by atoms with E-state index in [0.717, 1.165) is 35.2 Å². The van der Waals surface area contributed by atoms with E-state index in [2.05, 4.69) is 17.1 Å². The number of hydrogen-bond acceptors (Lipinski definition) is 4. The first kappa shape index (κ1) is 16.2. The van der Waals surface area contributed by atoms with E-state index in [1.165, 1.54) is 10.4 Å². The number of benzene rings is 1. The van der Waals surface area contributed by atoms with Gasteiger partial charge in [-0.2, -0.15) is 0 Å². The number of hydrogen-bond donors (Lipinski definition) is 1. The molecule has 0 saturated heterocycles. The van der Waals surface area contributed by atoms with Gasteiger partial charge in [0.25, 0.3) is 5.56 Å². The summed E-state index contributed by atoms with van der Waals surface area (Å²) in [7, 11) is 0. The van der Waals surface area contributed by atoms with Crippen LogP contribution in [0.5, 0.6) is 0 Å². The molecule has 5 rings (SSSR count). The molecule has 0 amide bonds. The Labute approximate surface area is 162 Å². The Morgan fingerprint density at radius 3 is 2.88 bits per heavy atom. The molecule has 0 unspecified atom stereocenters. The normalized spacial score (nSPS) is 17.1. The van der Waals surface area contributed by atoms with Gasteiger partial charge >= 0.3 is 0 Å². The van der Waals surface area contributed by atoms with E-state index in [0.29, 0.717) is 21.5 Å². The highest BCUT2D eigenvalue weighted by atomic mass is 35.5. The molecule has 1 atom stereocenters. The predicted octanol–water partition coefficient (Wildman–Crippen LogP) is 4.54. The van der Waals surface area contributed by atoms with Gasteiger partial charge in [0.05, 0.1) is 11.1 Å². The van der Waals surface area contributed by atoms with Crippen LogP contribution < -0.4 is 5.56 Å². The highest BCUT2D eigenvalue weighted by Gasteiger charge is 2.26. The third-order valence-electron chi connectivity index (χ3n) is 5.05. The lowest BCUT2D eigenvalue weighted by Crippen LogP contribution is -2.22. The molecular formula is C18H15ClN4OS2. The van der Waals surface area contributed by atoms with Gasteiger partial charge in [0.15, 0.2) is 0 Å². The number of aryl methyl sites for hydroxylation is 1. The molecule has 1 aliphatic carbocycles. The summed E-state index contributed by atoms with van der Waals surface area (Å²) in [6.45, 7) is 2.26. The van der Waals surface area contributed by atoms with Crippen molar-refractivity contribution < 1.29 is 0 Å². The smallest absolute Gasteiger partial charge is 0.268 e. The molecular weight excluding hydrogens is 388 g/mol. The number of H-pyrrole nitrogens is 1. The van der Waals surface area contributed by atoms with E-state index in [-0.39, 0.29) is 5.56 Å². The molecule has 0 saturated carbocycles. The van der Waals surface area contributed by atoms with Crippen LogP contribution in [0.3, 0.4) is 0 Å². The van der Waals surface area contributed by atoms with Crippen molar-refractivity contribution in [2.24, 2.45) is 5.92 Å². The van der Waals surface area contributed by atoms with Crippen LogP contribution in [-0.2, 0) is 12.8 Å². The lowest BCUT2D eigenvalue weighted by atomic mass is 9.89. The molecule has 4 aromatic rings. The third-order valence-corrected chi connectivity index (χ3v) is 6.82. The Morgan fingerprint density at radius 1 is 1.35 bits per heavy atom. The van der Waals surface area contributed by atoms with E-state index in [1.807, 2.05) is 16.5 Å². The van der Waals surface area contributed by atoms with Gasteiger partial charge in [-0.25, -0.2) is 14.1 Å². The van der Waals surface area contributed by atoms with Crippen LogP contribution in [0.1, 0.15) is 23.8 Å². The quantitative estimate of drug-likeness (QED) is 0.476. The minimum Gasteiger partial charge on any atom is -0.268 e. The molecule has 0 fully saturated rings. The van der Waals surface area contributed by atoms with Gasteiger partial charge in [0, 0.05) is 9.90 Å². The number of aromatic nitrogens is 4. The number of halogens is 1. The maximum Gasteiger partial charge on any atom is 0.268 e. The maximum absolute atomic E-state index is 13.5. The largest absolute Gasteiger partial charge is 0.268 e.